The van der Waals surface area contributed by atoms with E-state index in [0.717, 1.165) is 18.0 Å². The van der Waals surface area contributed by atoms with Crippen LogP contribution in [0.15, 0.2) is 0 Å². The molecule has 0 fully saturated rings. The van der Waals surface area contributed by atoms with E-state index >= 15 is 0 Å². The molecule has 0 aliphatic carbocycles. The van der Waals surface area contributed by atoms with Gasteiger partial charge in [-0.2, -0.15) is 0 Å². The van der Waals surface area contributed by atoms with Gasteiger partial charge in [0.05, 0.1) is 12.3 Å². The normalized spacial score (nSPS) is 10.7. The van der Waals surface area contributed by atoms with E-state index in [1.165, 1.54) is 4.90 Å². The molecule has 7 heteroatoms. The zero-order valence-corrected chi connectivity index (χ0v) is 13.2. The highest BCUT2D eigenvalue weighted by Gasteiger charge is 2.26. The summed E-state index contributed by atoms with van der Waals surface area (Å²) in [5, 5.41) is 3.99. The van der Waals surface area contributed by atoms with E-state index in [4.69, 9.17) is 4.74 Å². The van der Waals surface area contributed by atoms with Crippen LogP contribution in [-0.4, -0.2) is 45.6 Å². The molecule has 0 bridgehead atoms. The van der Waals surface area contributed by atoms with E-state index in [1.807, 2.05) is 20.8 Å². The highest BCUT2D eigenvalue weighted by Crippen LogP contribution is 2.17. The van der Waals surface area contributed by atoms with Gasteiger partial charge in [0.2, 0.25) is 0 Å². The number of nitrogens with zero attached hydrogens (tertiary/aromatic N) is 3. The van der Waals surface area contributed by atoms with Crippen LogP contribution < -0.4 is 0 Å². The van der Waals surface area contributed by atoms with Gasteiger partial charge in [-0.05, 0) is 38.7 Å². The number of aromatic nitrogens is 2. The minimum atomic E-state index is -0.399. The largest absolute Gasteiger partial charge is 0.465 e. The summed E-state index contributed by atoms with van der Waals surface area (Å²) >= 11 is 1.08. The quantitative estimate of drug-likeness (QED) is 0.719. The summed E-state index contributed by atoms with van der Waals surface area (Å²) in [6.45, 7) is 7.75. The average Bonchev–Trinajstić information content (AvgIpc) is 2.84. The summed E-state index contributed by atoms with van der Waals surface area (Å²) < 4.78 is 8.75. The second kappa shape index (κ2) is 7.94. The van der Waals surface area contributed by atoms with E-state index < -0.39 is 5.97 Å². The van der Waals surface area contributed by atoms with Crippen molar-refractivity contribution in [2.75, 3.05) is 13.2 Å². The molecule has 1 amide bonds. The highest BCUT2D eigenvalue weighted by atomic mass is 32.1. The Labute approximate surface area is 123 Å². The van der Waals surface area contributed by atoms with Crippen LogP contribution in [0, 0.1) is 0 Å². The molecular formula is C13H21N3O3S. The van der Waals surface area contributed by atoms with E-state index in [0.29, 0.717) is 23.6 Å². The van der Waals surface area contributed by atoms with Crippen LogP contribution in [0.5, 0.6) is 0 Å². The Hall–Kier alpha value is -1.50. The number of hydrogen-bond donors (Lipinski definition) is 0. The van der Waals surface area contributed by atoms with Gasteiger partial charge in [0.15, 0.2) is 0 Å². The molecule has 1 aromatic heterocycles. The Balaban J connectivity index is 2.88. The summed E-state index contributed by atoms with van der Waals surface area (Å²) in [6.07, 6.45) is 1.61. The first-order chi connectivity index (χ1) is 9.51. The fourth-order valence-electron chi connectivity index (χ4n) is 1.74. The Morgan fingerprint density at radius 3 is 2.60 bits per heavy atom. The monoisotopic (exact) mass is 299 g/mol. The number of esters is 1. The van der Waals surface area contributed by atoms with Gasteiger partial charge < -0.3 is 9.64 Å². The lowest BCUT2D eigenvalue weighted by atomic mass is 10.2. The topological polar surface area (TPSA) is 72.4 Å². The van der Waals surface area contributed by atoms with Crippen LogP contribution in [0.4, 0.5) is 0 Å². The molecule has 20 heavy (non-hydrogen) atoms. The van der Waals surface area contributed by atoms with Crippen LogP contribution in [-0.2, 0) is 16.0 Å². The zero-order valence-electron chi connectivity index (χ0n) is 12.4. The molecule has 1 rings (SSSR count). The Morgan fingerprint density at radius 2 is 2.05 bits per heavy atom. The third kappa shape index (κ3) is 4.26. The van der Waals surface area contributed by atoms with Crippen molar-refractivity contribution in [3.8, 4) is 0 Å². The molecule has 0 saturated carbocycles. The number of rotatable bonds is 7. The Morgan fingerprint density at radius 1 is 1.35 bits per heavy atom. The molecule has 0 saturated heterocycles. The molecule has 0 spiro atoms. The summed E-state index contributed by atoms with van der Waals surface area (Å²) in [4.78, 5) is 26.1. The van der Waals surface area contributed by atoms with Crippen LogP contribution in [0.1, 0.15) is 49.5 Å². The lowest BCUT2D eigenvalue weighted by Crippen LogP contribution is -2.41. The van der Waals surface area contributed by atoms with E-state index in [2.05, 4.69) is 9.59 Å². The molecule has 0 unspecified atom stereocenters. The Bertz CT molecular complexity index is 459. The standard InChI is InChI=1S/C13H21N3O3S/c1-5-7-10-12(20-15-14-10)13(18)16(9(3)4)8-11(17)19-6-2/h9H,5-8H2,1-4H3. The molecular weight excluding hydrogens is 278 g/mol. The molecule has 0 radical (unpaired) electrons. The SMILES string of the molecule is CCCc1nnsc1C(=O)N(CC(=O)OCC)C(C)C. The summed E-state index contributed by atoms with van der Waals surface area (Å²) in [5.74, 6) is -0.601. The fraction of sp³-hybridized carbons (Fsp3) is 0.692. The third-order valence-electron chi connectivity index (χ3n) is 2.73. The second-order valence-electron chi connectivity index (χ2n) is 4.63. The number of ether oxygens (including phenoxy) is 1. The number of amides is 1. The molecule has 0 atom stereocenters. The first-order valence-electron chi connectivity index (χ1n) is 6.79. The Kier molecular flexibility index (Phi) is 6.57. The maximum atomic E-state index is 12.5. The number of carbonyl (C=O) groups excluding carboxylic acids is 2. The summed E-state index contributed by atoms with van der Waals surface area (Å²) in [7, 11) is 0. The van der Waals surface area contributed by atoms with Gasteiger partial charge in [0.25, 0.3) is 5.91 Å². The van der Waals surface area contributed by atoms with Crippen molar-refractivity contribution < 1.29 is 14.3 Å². The number of aryl methyl sites for hydroxylation is 1. The fourth-order valence-corrected chi connectivity index (χ4v) is 2.40. The van der Waals surface area contributed by atoms with Crippen molar-refractivity contribution in [3.05, 3.63) is 10.6 Å². The van der Waals surface area contributed by atoms with E-state index in [-0.39, 0.29) is 18.5 Å². The third-order valence-corrected chi connectivity index (χ3v) is 3.48. The van der Waals surface area contributed by atoms with Crippen LogP contribution in [0.3, 0.4) is 0 Å². The maximum absolute atomic E-state index is 12.5. The van der Waals surface area contributed by atoms with Crippen molar-refractivity contribution in [1.82, 2.24) is 14.5 Å². The first-order valence-corrected chi connectivity index (χ1v) is 7.56. The predicted molar refractivity (Wildman–Crippen MR) is 76.7 cm³/mol. The zero-order chi connectivity index (χ0) is 15.1. The highest BCUT2D eigenvalue weighted by molar-refractivity contribution is 7.08. The van der Waals surface area contributed by atoms with Crippen molar-refractivity contribution in [2.24, 2.45) is 0 Å². The number of hydrogen-bond acceptors (Lipinski definition) is 6. The van der Waals surface area contributed by atoms with Crippen molar-refractivity contribution in [1.29, 1.82) is 0 Å². The minimum absolute atomic E-state index is 0.0478. The van der Waals surface area contributed by atoms with Crippen LogP contribution in [0.2, 0.25) is 0 Å². The molecule has 0 aliphatic heterocycles. The molecule has 1 heterocycles. The van der Waals surface area contributed by atoms with Gasteiger partial charge >= 0.3 is 5.97 Å². The van der Waals surface area contributed by atoms with E-state index in [9.17, 15) is 9.59 Å². The van der Waals surface area contributed by atoms with Gasteiger partial charge in [-0.1, -0.05) is 17.8 Å². The van der Waals surface area contributed by atoms with Gasteiger partial charge in [0, 0.05) is 6.04 Å². The van der Waals surface area contributed by atoms with E-state index in [1.54, 1.807) is 6.92 Å². The van der Waals surface area contributed by atoms with Crippen LogP contribution >= 0.6 is 11.5 Å². The van der Waals surface area contributed by atoms with Crippen LogP contribution in [0.25, 0.3) is 0 Å². The smallest absolute Gasteiger partial charge is 0.325 e. The lowest BCUT2D eigenvalue weighted by molar-refractivity contribution is -0.144. The van der Waals surface area contributed by atoms with Crippen molar-refractivity contribution in [3.63, 3.8) is 0 Å². The lowest BCUT2D eigenvalue weighted by Gasteiger charge is -2.25. The van der Waals surface area contributed by atoms with Gasteiger partial charge in [-0.25, -0.2) is 0 Å². The summed E-state index contributed by atoms with van der Waals surface area (Å²) in [5.41, 5.74) is 0.706. The second-order valence-corrected chi connectivity index (χ2v) is 5.38. The minimum Gasteiger partial charge on any atom is -0.465 e. The predicted octanol–water partition coefficient (Wildman–Crippen LogP) is 1.90. The summed E-state index contributed by atoms with van der Waals surface area (Å²) in [6, 6.07) is -0.0940. The van der Waals surface area contributed by atoms with Gasteiger partial charge in [-0.15, -0.1) is 5.10 Å². The van der Waals surface area contributed by atoms with Crippen molar-refractivity contribution in [2.45, 2.75) is 46.6 Å². The molecule has 0 N–H and O–H groups in total. The molecule has 6 nitrogen and oxygen atoms in total. The maximum Gasteiger partial charge on any atom is 0.325 e. The van der Waals surface area contributed by atoms with Crippen molar-refractivity contribution >= 4 is 23.4 Å². The first kappa shape index (κ1) is 16.6. The van der Waals surface area contributed by atoms with Gasteiger partial charge in [-0.3, -0.25) is 9.59 Å². The van der Waals surface area contributed by atoms with Gasteiger partial charge in [0.1, 0.15) is 11.4 Å². The number of carbonyl (C=O) groups is 2. The molecule has 0 aliphatic rings. The molecule has 1 aromatic rings. The molecule has 0 aromatic carbocycles. The molecule has 112 valence electrons. The average molecular weight is 299 g/mol.